The van der Waals surface area contributed by atoms with Crippen molar-refractivity contribution in [3.8, 4) is 5.75 Å². The van der Waals surface area contributed by atoms with Crippen LogP contribution in [0, 0.1) is 19.8 Å². The summed E-state index contributed by atoms with van der Waals surface area (Å²) < 4.78 is 0. The van der Waals surface area contributed by atoms with Gasteiger partial charge in [-0.2, -0.15) is 0 Å². The molecule has 1 heterocycles. The number of phenols is 1. The quantitative estimate of drug-likeness (QED) is 0.458. The van der Waals surface area contributed by atoms with Crippen LogP contribution in [-0.2, 0) is 0 Å². The molecule has 0 bridgehead atoms. The maximum absolute atomic E-state index is 13.3. The van der Waals surface area contributed by atoms with Crippen LogP contribution in [0.5, 0.6) is 5.75 Å². The van der Waals surface area contributed by atoms with E-state index in [1.165, 1.54) is 5.56 Å². The molecule has 3 unspecified atom stereocenters. The van der Waals surface area contributed by atoms with Gasteiger partial charge in [0.1, 0.15) is 5.75 Å². The second kappa shape index (κ2) is 7.62. The molecule has 5 rings (SSSR count). The largest absolute Gasteiger partial charge is 0.508 e. The number of carbonyl (C=O) groups is 1. The van der Waals surface area contributed by atoms with Crippen molar-refractivity contribution in [1.29, 1.82) is 0 Å². The minimum Gasteiger partial charge on any atom is -0.508 e. The molecule has 31 heavy (non-hydrogen) atoms. The Bertz CT molecular complexity index is 1200. The Hall–Kier alpha value is -3.53. The van der Waals surface area contributed by atoms with Crippen LogP contribution in [0.4, 0.5) is 11.4 Å². The first-order valence-corrected chi connectivity index (χ1v) is 10.8. The number of hydrogen-bond donors (Lipinski definition) is 3. The van der Waals surface area contributed by atoms with Crippen LogP contribution < -0.4 is 10.6 Å². The fourth-order valence-electron chi connectivity index (χ4n) is 4.89. The van der Waals surface area contributed by atoms with Gasteiger partial charge in [-0.1, -0.05) is 48.6 Å². The van der Waals surface area contributed by atoms with Gasteiger partial charge >= 0.3 is 0 Å². The third-order valence-electron chi connectivity index (χ3n) is 6.68. The molecule has 0 spiro atoms. The van der Waals surface area contributed by atoms with E-state index in [0.717, 1.165) is 34.5 Å². The van der Waals surface area contributed by atoms with Crippen molar-refractivity contribution in [2.24, 2.45) is 5.92 Å². The molecule has 3 atom stereocenters. The molecule has 1 aliphatic heterocycles. The van der Waals surface area contributed by atoms with Crippen molar-refractivity contribution >= 4 is 17.3 Å². The van der Waals surface area contributed by atoms with Crippen LogP contribution in [-0.4, -0.2) is 11.0 Å². The average molecular weight is 411 g/mol. The van der Waals surface area contributed by atoms with E-state index >= 15 is 0 Å². The smallest absolute Gasteiger partial charge is 0.257 e. The van der Waals surface area contributed by atoms with Crippen molar-refractivity contribution in [2.75, 3.05) is 10.6 Å². The third kappa shape index (κ3) is 3.38. The van der Waals surface area contributed by atoms with Crippen molar-refractivity contribution < 1.29 is 9.90 Å². The topological polar surface area (TPSA) is 61.4 Å². The summed E-state index contributed by atoms with van der Waals surface area (Å²) in [4.78, 5) is 13.3. The summed E-state index contributed by atoms with van der Waals surface area (Å²) in [6.07, 6.45) is 5.39. The van der Waals surface area contributed by atoms with Gasteiger partial charge in [0, 0.05) is 17.2 Å². The van der Waals surface area contributed by atoms with Crippen molar-refractivity contribution in [1.82, 2.24) is 0 Å². The zero-order valence-electron chi connectivity index (χ0n) is 17.7. The van der Waals surface area contributed by atoms with Crippen molar-refractivity contribution in [3.05, 3.63) is 101 Å². The molecule has 0 aromatic heterocycles. The molecule has 4 nitrogen and oxygen atoms in total. The first-order chi connectivity index (χ1) is 15.0. The summed E-state index contributed by atoms with van der Waals surface area (Å²) >= 11 is 0. The Labute approximate surface area is 182 Å². The lowest BCUT2D eigenvalue weighted by Crippen LogP contribution is -2.31. The molecule has 1 aliphatic carbocycles. The zero-order valence-corrected chi connectivity index (χ0v) is 17.7. The number of allylic oxidation sites excluding steroid dienone is 2. The van der Waals surface area contributed by atoms with Gasteiger partial charge in [-0.05, 0) is 67.1 Å². The van der Waals surface area contributed by atoms with Gasteiger partial charge in [0.05, 0.1) is 17.3 Å². The molecular weight excluding hydrogens is 384 g/mol. The molecule has 0 fully saturated rings. The zero-order chi connectivity index (χ0) is 21.5. The van der Waals surface area contributed by atoms with Crippen LogP contribution in [0.1, 0.15) is 51.0 Å². The highest BCUT2D eigenvalue weighted by atomic mass is 16.3. The summed E-state index contributed by atoms with van der Waals surface area (Å²) in [5.74, 6) is 0.671. The van der Waals surface area contributed by atoms with Gasteiger partial charge in [0.2, 0.25) is 0 Å². The Balaban J connectivity index is 1.53. The molecule has 0 saturated carbocycles. The van der Waals surface area contributed by atoms with E-state index in [9.17, 15) is 9.90 Å². The molecule has 3 N–H and O–H groups in total. The van der Waals surface area contributed by atoms with Crippen LogP contribution >= 0.6 is 0 Å². The molecule has 1 amide bonds. The minimum atomic E-state index is -0.135. The van der Waals surface area contributed by atoms with E-state index in [-0.39, 0.29) is 23.6 Å². The van der Waals surface area contributed by atoms with Gasteiger partial charge in [-0.15, -0.1) is 0 Å². The average Bonchev–Trinajstić information content (AvgIpc) is 3.26. The second-order valence-electron chi connectivity index (χ2n) is 8.56. The molecular formula is C27H26N2O2. The number of benzene rings is 3. The van der Waals surface area contributed by atoms with Gasteiger partial charge in [-0.25, -0.2) is 0 Å². The molecule has 3 aromatic rings. The second-order valence-corrected chi connectivity index (χ2v) is 8.56. The highest BCUT2D eigenvalue weighted by Gasteiger charge is 2.40. The molecule has 0 radical (unpaired) electrons. The number of fused-ring (bicyclic) bond motifs is 3. The van der Waals surface area contributed by atoms with Crippen molar-refractivity contribution in [2.45, 2.75) is 32.2 Å². The first kappa shape index (κ1) is 19.4. The number of aromatic hydroxyl groups is 1. The van der Waals surface area contributed by atoms with E-state index in [1.807, 2.05) is 55.5 Å². The number of nitrogens with one attached hydrogen (secondary N) is 2. The van der Waals surface area contributed by atoms with E-state index < -0.39 is 0 Å². The van der Waals surface area contributed by atoms with Crippen LogP contribution in [0.15, 0.2) is 72.8 Å². The highest BCUT2D eigenvalue weighted by Crippen LogP contribution is 2.51. The highest BCUT2D eigenvalue weighted by molar-refractivity contribution is 6.08. The fraction of sp³-hybridized carbons (Fsp3) is 0.222. The lowest BCUT2D eigenvalue weighted by atomic mass is 9.76. The lowest BCUT2D eigenvalue weighted by molar-refractivity contribution is 0.102. The molecule has 0 saturated heterocycles. The number of para-hydroxylation sites is 2. The number of amides is 1. The Morgan fingerprint density at radius 3 is 2.61 bits per heavy atom. The Kier molecular flexibility index (Phi) is 4.78. The number of rotatable bonds is 3. The van der Waals surface area contributed by atoms with E-state index in [1.54, 1.807) is 6.07 Å². The SMILES string of the molecule is Cc1ccc(NC(=O)c2cccc3c2NC(c2ccccc2O)C2CC=CC32)cc1C. The van der Waals surface area contributed by atoms with E-state index in [2.05, 4.69) is 35.8 Å². The van der Waals surface area contributed by atoms with Gasteiger partial charge in [0.25, 0.3) is 5.91 Å². The summed E-state index contributed by atoms with van der Waals surface area (Å²) in [7, 11) is 0. The summed E-state index contributed by atoms with van der Waals surface area (Å²) in [6, 6.07) is 19.3. The number of hydrogen-bond acceptors (Lipinski definition) is 3. The molecule has 2 aliphatic rings. The number of phenolic OH excluding ortho intramolecular Hbond substituents is 1. The van der Waals surface area contributed by atoms with Gasteiger partial charge in [0.15, 0.2) is 0 Å². The number of carbonyl (C=O) groups excluding carboxylic acids is 1. The lowest BCUT2D eigenvalue weighted by Gasteiger charge is -2.38. The maximum atomic E-state index is 13.3. The predicted octanol–water partition coefficient (Wildman–Crippen LogP) is 6.09. The number of aryl methyl sites for hydroxylation is 2. The Morgan fingerprint density at radius 1 is 1.00 bits per heavy atom. The van der Waals surface area contributed by atoms with Gasteiger partial charge < -0.3 is 15.7 Å². The minimum absolute atomic E-state index is 0.0655. The van der Waals surface area contributed by atoms with Crippen LogP contribution in [0.3, 0.4) is 0 Å². The summed E-state index contributed by atoms with van der Waals surface area (Å²) in [6.45, 7) is 4.10. The molecule has 4 heteroatoms. The maximum Gasteiger partial charge on any atom is 0.257 e. The molecule has 156 valence electrons. The fourth-order valence-corrected chi connectivity index (χ4v) is 4.89. The van der Waals surface area contributed by atoms with Crippen molar-refractivity contribution in [3.63, 3.8) is 0 Å². The summed E-state index contributed by atoms with van der Waals surface area (Å²) in [5, 5.41) is 17.2. The normalized spacial score (nSPS) is 21.2. The standard InChI is InChI=1S/C27H26N2O2/c1-16-13-14-18(15-17(16)2)28-27(31)23-11-6-10-21-19-8-5-9-20(19)25(29-26(21)23)22-7-3-4-12-24(22)30/h3-8,10-15,19-20,25,29-30H,9H2,1-2H3,(H,28,31). The van der Waals surface area contributed by atoms with Crippen LogP contribution in [0.25, 0.3) is 0 Å². The van der Waals surface area contributed by atoms with E-state index in [4.69, 9.17) is 0 Å². The first-order valence-electron chi connectivity index (χ1n) is 10.8. The number of anilines is 2. The summed E-state index contributed by atoms with van der Waals surface area (Å²) in [5.41, 5.74) is 6.61. The van der Waals surface area contributed by atoms with E-state index in [0.29, 0.717) is 11.5 Å². The monoisotopic (exact) mass is 410 g/mol. The van der Waals surface area contributed by atoms with Gasteiger partial charge in [-0.3, -0.25) is 4.79 Å². The molecule has 3 aromatic carbocycles. The predicted molar refractivity (Wildman–Crippen MR) is 125 cm³/mol. The van der Waals surface area contributed by atoms with Crippen LogP contribution in [0.2, 0.25) is 0 Å². The Morgan fingerprint density at radius 2 is 1.81 bits per heavy atom. The third-order valence-corrected chi connectivity index (χ3v) is 6.68.